The number of rotatable bonds is 4. The van der Waals surface area contributed by atoms with Crippen molar-refractivity contribution in [3.05, 3.63) is 112 Å². The second kappa shape index (κ2) is 8.44. The molecule has 5 aromatic rings. The second-order valence-corrected chi connectivity index (χ2v) is 7.59. The van der Waals surface area contributed by atoms with Crippen molar-refractivity contribution < 1.29 is 9.90 Å². The van der Waals surface area contributed by atoms with Crippen LogP contribution in [0, 0.1) is 11.8 Å². The van der Waals surface area contributed by atoms with E-state index in [1.165, 1.54) is 16.7 Å². The van der Waals surface area contributed by atoms with Crippen molar-refractivity contribution in [1.29, 1.82) is 0 Å². The third-order valence-corrected chi connectivity index (χ3v) is 5.41. The van der Waals surface area contributed by atoms with Crippen molar-refractivity contribution in [2.75, 3.05) is 0 Å². The number of carbonyl (C=O) groups is 1. The van der Waals surface area contributed by atoms with Gasteiger partial charge in [0, 0.05) is 12.0 Å². The van der Waals surface area contributed by atoms with E-state index in [1.54, 1.807) is 28.9 Å². The summed E-state index contributed by atoms with van der Waals surface area (Å²) in [6.45, 7) is 0.237. The maximum absolute atomic E-state index is 13.4. The molecule has 0 aliphatic carbocycles. The zero-order chi connectivity index (χ0) is 22.8. The Bertz CT molecular complexity index is 1610. The van der Waals surface area contributed by atoms with Gasteiger partial charge in [0.2, 0.25) is 5.78 Å². The van der Waals surface area contributed by atoms with Gasteiger partial charge in [-0.1, -0.05) is 54.3 Å². The predicted octanol–water partition coefficient (Wildman–Crippen LogP) is 3.38. The van der Waals surface area contributed by atoms with Crippen molar-refractivity contribution in [2.45, 2.75) is 13.0 Å². The number of aromatic carboxylic acids is 1. The van der Waals surface area contributed by atoms with Gasteiger partial charge in [0.05, 0.1) is 23.0 Å². The molecule has 3 aromatic carbocycles. The monoisotopic (exact) mass is 434 g/mol. The van der Waals surface area contributed by atoms with Crippen molar-refractivity contribution in [3.8, 4) is 11.8 Å². The van der Waals surface area contributed by atoms with E-state index >= 15 is 0 Å². The van der Waals surface area contributed by atoms with Crippen LogP contribution in [0.4, 0.5) is 0 Å². The molecule has 7 heteroatoms. The van der Waals surface area contributed by atoms with E-state index in [9.17, 15) is 9.59 Å². The predicted molar refractivity (Wildman–Crippen MR) is 124 cm³/mol. The number of hydrogen-bond donors (Lipinski definition) is 1. The first-order valence-electron chi connectivity index (χ1n) is 10.3. The fraction of sp³-hybridized carbons (Fsp3) is 0.0769. The summed E-state index contributed by atoms with van der Waals surface area (Å²) in [4.78, 5) is 24.5. The highest BCUT2D eigenvalue weighted by Crippen LogP contribution is 2.16. The summed E-state index contributed by atoms with van der Waals surface area (Å²) < 4.78 is 3.30. The number of hydrogen-bond acceptors (Lipinski definition) is 4. The average molecular weight is 434 g/mol. The molecule has 33 heavy (non-hydrogen) atoms. The highest BCUT2D eigenvalue weighted by Gasteiger charge is 2.13. The van der Waals surface area contributed by atoms with Gasteiger partial charge in [-0.25, -0.2) is 4.79 Å². The average Bonchev–Trinajstić information content (AvgIpc) is 3.33. The number of nitrogens with zero attached hydrogens (tertiary/aromatic N) is 4. The lowest BCUT2D eigenvalue weighted by molar-refractivity contribution is 0.0697. The van der Waals surface area contributed by atoms with Crippen LogP contribution in [0.25, 0.3) is 16.7 Å². The largest absolute Gasteiger partial charge is 0.478 e. The Morgan fingerprint density at radius 2 is 1.76 bits per heavy atom. The quantitative estimate of drug-likeness (QED) is 0.438. The molecular formula is C26H18N4O3. The van der Waals surface area contributed by atoms with Gasteiger partial charge in [0.1, 0.15) is 6.33 Å². The summed E-state index contributed by atoms with van der Waals surface area (Å²) in [6.07, 6.45) is 2.20. The molecule has 0 radical (unpaired) electrons. The van der Waals surface area contributed by atoms with E-state index in [4.69, 9.17) is 5.11 Å². The SMILES string of the molecule is O=C(O)c1ccc(Cn2c(=O)c3cc(C#CCc4ccccc4)ccc3n3cnnc23)cc1. The summed E-state index contributed by atoms with van der Waals surface area (Å²) >= 11 is 0. The van der Waals surface area contributed by atoms with Gasteiger partial charge in [-0.15, -0.1) is 10.2 Å². The lowest BCUT2D eigenvalue weighted by Gasteiger charge is -2.11. The van der Waals surface area contributed by atoms with Crippen LogP contribution in [0.1, 0.15) is 27.0 Å². The topological polar surface area (TPSA) is 89.5 Å². The van der Waals surface area contributed by atoms with Crippen molar-refractivity contribution >= 4 is 22.6 Å². The van der Waals surface area contributed by atoms with Crippen molar-refractivity contribution in [2.24, 2.45) is 0 Å². The molecule has 0 aliphatic heterocycles. The smallest absolute Gasteiger partial charge is 0.335 e. The molecule has 2 aromatic heterocycles. The molecule has 0 bridgehead atoms. The van der Waals surface area contributed by atoms with Gasteiger partial charge >= 0.3 is 5.97 Å². The molecule has 160 valence electrons. The number of fused-ring (bicyclic) bond motifs is 3. The number of benzene rings is 3. The normalized spacial score (nSPS) is 10.8. The van der Waals surface area contributed by atoms with Gasteiger partial charge in [0.15, 0.2) is 0 Å². The van der Waals surface area contributed by atoms with Crippen LogP contribution >= 0.6 is 0 Å². The van der Waals surface area contributed by atoms with E-state index < -0.39 is 5.97 Å². The fourth-order valence-electron chi connectivity index (χ4n) is 3.74. The highest BCUT2D eigenvalue weighted by molar-refractivity contribution is 5.87. The standard InChI is InChI=1S/C26H18N4O3/c31-24-22-15-19(8-4-7-18-5-2-1-3-6-18)11-14-23(22)30-17-27-28-26(30)29(24)16-20-9-12-21(13-10-20)25(32)33/h1-3,5-6,9-15,17H,7,16H2,(H,32,33). The summed E-state index contributed by atoms with van der Waals surface area (Å²) in [5.41, 5.74) is 3.35. The van der Waals surface area contributed by atoms with Crippen LogP contribution in [0.2, 0.25) is 0 Å². The molecule has 5 rings (SSSR count). The minimum Gasteiger partial charge on any atom is -0.478 e. The minimum atomic E-state index is -0.995. The summed E-state index contributed by atoms with van der Waals surface area (Å²) in [5, 5.41) is 17.7. The maximum Gasteiger partial charge on any atom is 0.335 e. The Balaban J connectivity index is 1.55. The molecule has 0 fully saturated rings. The van der Waals surface area contributed by atoms with Gasteiger partial charge in [-0.2, -0.15) is 0 Å². The number of aromatic nitrogens is 4. The molecule has 0 atom stereocenters. The first-order chi connectivity index (χ1) is 16.1. The zero-order valence-corrected chi connectivity index (χ0v) is 17.5. The zero-order valence-electron chi connectivity index (χ0n) is 17.5. The molecule has 0 amide bonds. The maximum atomic E-state index is 13.4. The number of carboxylic acid groups (broad SMARTS) is 1. The summed E-state index contributed by atoms with van der Waals surface area (Å²) in [7, 11) is 0. The van der Waals surface area contributed by atoms with Crippen LogP contribution in [0.15, 0.2) is 83.9 Å². The van der Waals surface area contributed by atoms with Crippen molar-refractivity contribution in [3.63, 3.8) is 0 Å². The van der Waals surface area contributed by atoms with E-state index in [0.717, 1.165) is 16.7 Å². The molecule has 0 saturated carbocycles. The molecule has 1 N–H and O–H groups in total. The third kappa shape index (κ3) is 3.98. The first-order valence-corrected chi connectivity index (χ1v) is 10.3. The Morgan fingerprint density at radius 3 is 2.52 bits per heavy atom. The third-order valence-electron chi connectivity index (χ3n) is 5.41. The van der Waals surface area contributed by atoms with Crippen LogP contribution in [0.5, 0.6) is 0 Å². The van der Waals surface area contributed by atoms with E-state index in [2.05, 4.69) is 22.0 Å². The van der Waals surface area contributed by atoms with Crippen LogP contribution in [0.3, 0.4) is 0 Å². The van der Waals surface area contributed by atoms with Crippen LogP contribution in [-0.4, -0.2) is 30.2 Å². The number of carboxylic acids is 1. The Morgan fingerprint density at radius 1 is 0.970 bits per heavy atom. The van der Waals surface area contributed by atoms with Crippen molar-refractivity contribution in [1.82, 2.24) is 19.2 Å². The Labute approximate surface area is 188 Å². The first kappa shape index (κ1) is 20.2. The molecule has 0 spiro atoms. The summed E-state index contributed by atoms with van der Waals surface area (Å²) in [5.74, 6) is 5.73. The highest BCUT2D eigenvalue weighted by atomic mass is 16.4. The van der Waals surface area contributed by atoms with Gasteiger partial charge < -0.3 is 5.11 Å². The lowest BCUT2D eigenvalue weighted by atomic mass is 10.1. The van der Waals surface area contributed by atoms with Crippen LogP contribution in [-0.2, 0) is 13.0 Å². The van der Waals surface area contributed by atoms with Crippen LogP contribution < -0.4 is 5.56 Å². The molecular weight excluding hydrogens is 416 g/mol. The Kier molecular flexibility index (Phi) is 5.17. The van der Waals surface area contributed by atoms with E-state index in [1.807, 2.05) is 42.5 Å². The van der Waals surface area contributed by atoms with Gasteiger partial charge in [0.25, 0.3) is 5.56 Å². The molecule has 0 saturated heterocycles. The Hall–Kier alpha value is -4.70. The van der Waals surface area contributed by atoms with Gasteiger partial charge in [-0.05, 0) is 41.5 Å². The summed E-state index contributed by atoms with van der Waals surface area (Å²) in [6, 6.07) is 21.9. The fourth-order valence-corrected chi connectivity index (χ4v) is 3.74. The molecule has 0 aliphatic rings. The van der Waals surface area contributed by atoms with E-state index in [-0.39, 0.29) is 17.7 Å². The molecule has 0 unspecified atom stereocenters. The minimum absolute atomic E-state index is 0.191. The molecule has 7 nitrogen and oxygen atoms in total. The van der Waals surface area contributed by atoms with Gasteiger partial charge in [-0.3, -0.25) is 13.8 Å². The van der Waals surface area contributed by atoms with E-state index in [0.29, 0.717) is 23.1 Å². The lowest BCUT2D eigenvalue weighted by Crippen LogP contribution is -2.24. The molecule has 2 heterocycles. The second-order valence-electron chi connectivity index (χ2n) is 7.59.